The lowest BCUT2D eigenvalue weighted by Gasteiger charge is -2.08. The van der Waals surface area contributed by atoms with Crippen LogP contribution in [0.3, 0.4) is 0 Å². The Kier molecular flexibility index (Phi) is 3.74. The van der Waals surface area contributed by atoms with Crippen LogP contribution >= 0.6 is 0 Å². The van der Waals surface area contributed by atoms with Gasteiger partial charge in [0.15, 0.2) is 0 Å². The van der Waals surface area contributed by atoms with Crippen molar-refractivity contribution in [3.8, 4) is 5.75 Å². The average molecular weight is 265 g/mol. The van der Waals surface area contributed by atoms with E-state index in [1.807, 2.05) is 17.7 Å². The third-order valence-corrected chi connectivity index (χ3v) is 2.64. The predicted octanol–water partition coefficient (Wildman–Crippen LogP) is 2.32. The van der Waals surface area contributed by atoms with Crippen LogP contribution in [0.1, 0.15) is 5.82 Å². The van der Waals surface area contributed by atoms with Gasteiger partial charge in [-0.3, -0.25) is 10.1 Å². The van der Waals surface area contributed by atoms with Crippen molar-refractivity contribution >= 4 is 5.69 Å². The third-order valence-electron chi connectivity index (χ3n) is 2.64. The van der Waals surface area contributed by atoms with Crippen LogP contribution in [-0.4, -0.2) is 21.1 Å². The van der Waals surface area contributed by atoms with Gasteiger partial charge >= 0.3 is 5.69 Å². The molecule has 0 atom stereocenters. The molecule has 0 aliphatic heterocycles. The van der Waals surface area contributed by atoms with Gasteiger partial charge in [0.1, 0.15) is 18.2 Å². The quantitative estimate of drug-likeness (QED) is 0.614. The highest BCUT2D eigenvalue weighted by Crippen LogP contribution is 2.22. The van der Waals surface area contributed by atoms with Crippen LogP contribution in [0.15, 0.2) is 30.6 Å². The number of aromatic nitrogens is 2. The van der Waals surface area contributed by atoms with Crippen molar-refractivity contribution in [3.05, 3.63) is 52.3 Å². The molecule has 0 N–H and O–H groups in total. The number of benzene rings is 1. The molecule has 2 aromatic rings. The summed E-state index contributed by atoms with van der Waals surface area (Å²) in [5, 5.41) is 10.5. The van der Waals surface area contributed by atoms with E-state index in [0.717, 1.165) is 18.0 Å². The lowest BCUT2D eigenvalue weighted by Crippen LogP contribution is -2.09. The van der Waals surface area contributed by atoms with E-state index < -0.39 is 16.4 Å². The van der Waals surface area contributed by atoms with Crippen molar-refractivity contribution in [1.82, 2.24) is 9.55 Å². The van der Waals surface area contributed by atoms with Gasteiger partial charge in [-0.2, -0.15) is 4.39 Å². The second-order valence-electron chi connectivity index (χ2n) is 3.89. The molecule has 0 spiro atoms. The minimum atomic E-state index is -0.902. The molecule has 0 unspecified atom stereocenters. The molecule has 7 heteroatoms. The SMILES string of the molecule is Cc1nccn1CCOc1ccc([N+](=O)[O-])c(F)c1. The zero-order valence-corrected chi connectivity index (χ0v) is 10.2. The second kappa shape index (κ2) is 5.47. The Bertz CT molecular complexity index is 598. The molecule has 19 heavy (non-hydrogen) atoms. The number of nitro benzene ring substituents is 1. The third kappa shape index (κ3) is 3.06. The minimum absolute atomic E-state index is 0.265. The maximum atomic E-state index is 13.3. The summed E-state index contributed by atoms with van der Waals surface area (Å²) >= 11 is 0. The van der Waals surface area contributed by atoms with E-state index in [9.17, 15) is 14.5 Å². The normalized spacial score (nSPS) is 10.4. The van der Waals surface area contributed by atoms with Crippen LogP contribution in [0.5, 0.6) is 5.75 Å². The molecule has 1 heterocycles. The summed E-state index contributed by atoms with van der Waals surface area (Å²) in [6.07, 6.45) is 3.50. The van der Waals surface area contributed by atoms with Gasteiger partial charge in [-0.15, -0.1) is 0 Å². The number of nitro groups is 1. The Morgan fingerprint density at radius 3 is 2.89 bits per heavy atom. The van der Waals surface area contributed by atoms with E-state index in [-0.39, 0.29) is 5.75 Å². The first-order valence-electron chi connectivity index (χ1n) is 5.62. The molecule has 0 fully saturated rings. The molecular formula is C12H12FN3O3. The number of aryl methyl sites for hydroxylation is 1. The minimum Gasteiger partial charge on any atom is -0.492 e. The summed E-state index contributed by atoms with van der Waals surface area (Å²) < 4.78 is 20.6. The van der Waals surface area contributed by atoms with Crippen molar-refractivity contribution in [3.63, 3.8) is 0 Å². The number of nitrogens with zero attached hydrogens (tertiary/aromatic N) is 3. The highest BCUT2D eigenvalue weighted by Gasteiger charge is 2.14. The Hall–Kier alpha value is -2.44. The monoisotopic (exact) mass is 265 g/mol. The van der Waals surface area contributed by atoms with Crippen molar-refractivity contribution in [2.24, 2.45) is 0 Å². The maximum absolute atomic E-state index is 13.3. The molecular weight excluding hydrogens is 253 g/mol. The van der Waals surface area contributed by atoms with Gasteiger partial charge in [-0.05, 0) is 13.0 Å². The van der Waals surface area contributed by atoms with Crippen molar-refractivity contribution in [1.29, 1.82) is 0 Å². The first-order valence-corrected chi connectivity index (χ1v) is 5.62. The predicted molar refractivity (Wildman–Crippen MR) is 65.5 cm³/mol. The molecule has 0 bridgehead atoms. The van der Waals surface area contributed by atoms with Gasteiger partial charge in [0.2, 0.25) is 5.82 Å². The molecule has 2 rings (SSSR count). The van der Waals surface area contributed by atoms with Gasteiger partial charge in [0.25, 0.3) is 0 Å². The smallest absolute Gasteiger partial charge is 0.305 e. The number of ether oxygens (including phenoxy) is 1. The van der Waals surface area contributed by atoms with Gasteiger partial charge in [-0.1, -0.05) is 0 Å². The molecule has 0 amide bonds. The van der Waals surface area contributed by atoms with E-state index in [2.05, 4.69) is 4.98 Å². The topological polar surface area (TPSA) is 70.2 Å². The largest absolute Gasteiger partial charge is 0.492 e. The summed E-state index contributed by atoms with van der Waals surface area (Å²) in [4.78, 5) is 13.7. The van der Waals surface area contributed by atoms with Crippen molar-refractivity contribution in [2.75, 3.05) is 6.61 Å². The Balaban J connectivity index is 1.95. The first kappa shape index (κ1) is 13.0. The lowest BCUT2D eigenvalue weighted by molar-refractivity contribution is -0.387. The summed E-state index contributed by atoms with van der Waals surface area (Å²) in [7, 11) is 0. The van der Waals surface area contributed by atoms with E-state index in [4.69, 9.17) is 4.74 Å². The second-order valence-corrected chi connectivity index (χ2v) is 3.89. The molecule has 1 aromatic carbocycles. The molecule has 0 aliphatic carbocycles. The molecule has 0 radical (unpaired) electrons. The molecule has 100 valence electrons. The fourth-order valence-corrected chi connectivity index (χ4v) is 1.63. The van der Waals surface area contributed by atoms with Gasteiger partial charge in [0, 0.05) is 24.5 Å². The van der Waals surface area contributed by atoms with Gasteiger partial charge in [-0.25, -0.2) is 4.98 Å². The van der Waals surface area contributed by atoms with Crippen molar-refractivity contribution in [2.45, 2.75) is 13.5 Å². The fourth-order valence-electron chi connectivity index (χ4n) is 1.63. The molecule has 0 saturated carbocycles. The molecule has 6 nitrogen and oxygen atoms in total. The summed E-state index contributed by atoms with van der Waals surface area (Å²) in [5.41, 5.74) is -0.558. The van der Waals surface area contributed by atoms with Crippen molar-refractivity contribution < 1.29 is 14.1 Å². The summed E-state index contributed by atoms with van der Waals surface area (Å²) in [6.45, 7) is 2.77. The van der Waals surface area contributed by atoms with Crippen LogP contribution in [0, 0.1) is 22.9 Å². The lowest BCUT2D eigenvalue weighted by atomic mass is 10.3. The number of halogens is 1. The first-order chi connectivity index (χ1) is 9.08. The number of rotatable bonds is 5. The van der Waals surface area contributed by atoms with Crippen LogP contribution in [0.25, 0.3) is 0 Å². The van der Waals surface area contributed by atoms with Crippen LogP contribution in [0.2, 0.25) is 0 Å². The molecule has 0 saturated heterocycles. The van der Waals surface area contributed by atoms with E-state index in [1.165, 1.54) is 6.07 Å². The number of hydrogen-bond donors (Lipinski definition) is 0. The highest BCUT2D eigenvalue weighted by molar-refractivity contribution is 5.37. The van der Waals surface area contributed by atoms with Gasteiger partial charge in [0.05, 0.1) is 11.5 Å². The molecule has 0 aliphatic rings. The number of imidazole rings is 1. The zero-order chi connectivity index (χ0) is 13.8. The fraction of sp³-hybridized carbons (Fsp3) is 0.250. The standard InChI is InChI=1S/C12H12FN3O3/c1-9-14-4-5-15(9)6-7-19-10-2-3-12(16(17)18)11(13)8-10/h2-5,8H,6-7H2,1H3. The van der Waals surface area contributed by atoms with Crippen LogP contribution in [0.4, 0.5) is 10.1 Å². The Morgan fingerprint density at radius 1 is 1.53 bits per heavy atom. The molecule has 1 aromatic heterocycles. The van der Waals surface area contributed by atoms with E-state index in [0.29, 0.717) is 13.2 Å². The Labute approximate surface area is 108 Å². The van der Waals surface area contributed by atoms with Crippen LogP contribution in [-0.2, 0) is 6.54 Å². The van der Waals surface area contributed by atoms with E-state index >= 15 is 0 Å². The maximum Gasteiger partial charge on any atom is 0.305 e. The zero-order valence-electron chi connectivity index (χ0n) is 10.2. The van der Waals surface area contributed by atoms with E-state index in [1.54, 1.807) is 6.20 Å². The number of hydrogen-bond acceptors (Lipinski definition) is 4. The average Bonchev–Trinajstić information content (AvgIpc) is 2.75. The van der Waals surface area contributed by atoms with Gasteiger partial charge < -0.3 is 9.30 Å². The summed E-state index contributed by atoms with van der Waals surface area (Å²) in [6, 6.07) is 3.48. The van der Waals surface area contributed by atoms with Crippen LogP contribution < -0.4 is 4.74 Å². The summed E-state index contributed by atoms with van der Waals surface area (Å²) in [5.74, 6) is 0.223. The highest BCUT2D eigenvalue weighted by atomic mass is 19.1. The Morgan fingerprint density at radius 2 is 2.32 bits per heavy atom.